The normalized spacial score (nSPS) is 14.4. The molecule has 1 aliphatic heterocycles. The molecule has 0 saturated heterocycles. The molecule has 0 bridgehead atoms. The first kappa shape index (κ1) is 24.3. The van der Waals surface area contributed by atoms with Gasteiger partial charge in [0.2, 0.25) is 5.41 Å². The molecule has 0 aliphatic carbocycles. The molecule has 180 valence electrons. The molecule has 0 amide bonds. The van der Waals surface area contributed by atoms with Crippen molar-refractivity contribution in [3.05, 3.63) is 57.6 Å². The second kappa shape index (κ2) is 7.36. The fourth-order valence-electron chi connectivity index (χ4n) is 3.85. The Balaban J connectivity index is 2.78. The molecule has 0 spiro atoms. The van der Waals surface area contributed by atoms with Gasteiger partial charge in [-0.3, -0.25) is 0 Å². The van der Waals surface area contributed by atoms with E-state index in [1.54, 1.807) is 0 Å². The minimum Gasteiger partial charge on any atom is -0.478 e. The monoisotopic (exact) mass is 494 g/mol. The minimum atomic E-state index is -6.57. The number of carbonyl (C=O) groups is 4. The van der Waals surface area contributed by atoms with Crippen LogP contribution in [-0.2, 0) is 5.41 Å². The van der Waals surface area contributed by atoms with E-state index in [4.69, 9.17) is 4.74 Å². The number of ether oxygens (including phenoxy) is 1. The van der Waals surface area contributed by atoms with E-state index in [1.165, 1.54) is 0 Å². The average molecular weight is 494 g/mol. The van der Waals surface area contributed by atoms with Crippen molar-refractivity contribution in [3.63, 3.8) is 0 Å². The second-order valence-corrected chi connectivity index (χ2v) is 6.79. The molecule has 0 radical (unpaired) electrons. The van der Waals surface area contributed by atoms with Crippen LogP contribution in [0.1, 0.15) is 52.6 Å². The van der Waals surface area contributed by atoms with Crippen LogP contribution < -0.4 is 4.74 Å². The van der Waals surface area contributed by atoms with E-state index in [0.29, 0.717) is 24.3 Å². The predicted octanol–water partition coefficient (Wildman–Crippen LogP) is 4.00. The highest BCUT2D eigenvalue weighted by Crippen LogP contribution is 2.64. The van der Waals surface area contributed by atoms with Crippen LogP contribution in [0, 0.1) is 0 Å². The van der Waals surface area contributed by atoms with Crippen molar-refractivity contribution in [2.75, 3.05) is 0 Å². The van der Waals surface area contributed by atoms with Gasteiger partial charge in [-0.2, -0.15) is 26.3 Å². The number of fused-ring (bicyclic) bond motifs is 2. The van der Waals surface area contributed by atoms with Crippen LogP contribution >= 0.6 is 0 Å². The summed E-state index contributed by atoms with van der Waals surface area (Å²) >= 11 is 0. The topological polar surface area (TPSA) is 158 Å². The summed E-state index contributed by atoms with van der Waals surface area (Å²) in [6.45, 7) is 0. The number of rotatable bonds is 4. The summed E-state index contributed by atoms with van der Waals surface area (Å²) in [6, 6.07) is 1.51. The summed E-state index contributed by atoms with van der Waals surface area (Å²) < 4.78 is 92.2. The smallest absolute Gasteiger partial charge is 0.411 e. The molecule has 4 N–H and O–H groups in total. The number of aromatic carboxylic acids is 4. The lowest BCUT2D eigenvalue weighted by Gasteiger charge is -2.43. The van der Waals surface area contributed by atoms with E-state index >= 15 is 0 Å². The molecule has 34 heavy (non-hydrogen) atoms. The highest BCUT2D eigenvalue weighted by Gasteiger charge is 2.77. The largest absolute Gasteiger partial charge is 0.478 e. The molecule has 0 unspecified atom stereocenters. The van der Waals surface area contributed by atoms with Crippen LogP contribution in [0.3, 0.4) is 0 Å². The van der Waals surface area contributed by atoms with Crippen LogP contribution in [0.2, 0.25) is 0 Å². The van der Waals surface area contributed by atoms with Gasteiger partial charge in [0.15, 0.2) is 0 Å². The molecule has 0 atom stereocenters. The molecule has 0 aromatic heterocycles. The fraction of sp³-hybridized carbons (Fsp3) is 0.158. The van der Waals surface area contributed by atoms with Gasteiger partial charge in [-0.1, -0.05) is 0 Å². The average Bonchev–Trinajstić information content (AvgIpc) is 2.67. The molecule has 2 aromatic carbocycles. The van der Waals surface area contributed by atoms with Crippen LogP contribution in [0.15, 0.2) is 24.3 Å². The maximum absolute atomic E-state index is 14.5. The van der Waals surface area contributed by atoms with Crippen LogP contribution in [-0.4, -0.2) is 56.7 Å². The van der Waals surface area contributed by atoms with E-state index in [-0.39, 0.29) is 0 Å². The lowest BCUT2D eigenvalue weighted by Crippen LogP contribution is -2.57. The summed E-state index contributed by atoms with van der Waals surface area (Å²) in [5, 5.41) is 37.3. The Labute approximate surface area is 182 Å². The van der Waals surface area contributed by atoms with Crippen molar-refractivity contribution >= 4 is 23.9 Å². The van der Waals surface area contributed by atoms with Gasteiger partial charge in [0, 0.05) is 11.1 Å². The van der Waals surface area contributed by atoms with Crippen molar-refractivity contribution in [2.45, 2.75) is 17.8 Å². The first-order valence-electron chi connectivity index (χ1n) is 8.57. The first-order valence-corrected chi connectivity index (χ1v) is 8.57. The van der Waals surface area contributed by atoms with Gasteiger partial charge in [0.25, 0.3) is 0 Å². The van der Waals surface area contributed by atoms with Gasteiger partial charge >= 0.3 is 36.2 Å². The Kier molecular flexibility index (Phi) is 5.27. The fourth-order valence-corrected chi connectivity index (χ4v) is 3.85. The van der Waals surface area contributed by atoms with Crippen LogP contribution in [0.5, 0.6) is 11.5 Å². The zero-order chi connectivity index (χ0) is 26.0. The third-order valence-electron chi connectivity index (χ3n) is 5.04. The molecule has 1 heterocycles. The number of hydrogen-bond donors (Lipinski definition) is 4. The molecular weight excluding hydrogens is 486 g/mol. The summed E-state index contributed by atoms with van der Waals surface area (Å²) in [7, 11) is 0. The summed E-state index contributed by atoms with van der Waals surface area (Å²) in [6.07, 6.45) is -13.1. The third kappa shape index (κ3) is 3.11. The van der Waals surface area contributed by atoms with Gasteiger partial charge in [0.1, 0.15) is 11.5 Å². The van der Waals surface area contributed by atoms with Gasteiger partial charge in [0.05, 0.1) is 22.3 Å². The lowest BCUT2D eigenvalue weighted by atomic mass is 9.66. The van der Waals surface area contributed by atoms with Crippen molar-refractivity contribution in [2.24, 2.45) is 0 Å². The van der Waals surface area contributed by atoms with E-state index in [1.807, 2.05) is 0 Å². The van der Waals surface area contributed by atoms with E-state index in [0.717, 1.165) is 0 Å². The summed E-state index contributed by atoms with van der Waals surface area (Å²) in [4.78, 5) is 46.5. The molecule has 9 nitrogen and oxygen atoms in total. The molecular formula is C19H8F6O9. The van der Waals surface area contributed by atoms with E-state index in [2.05, 4.69) is 0 Å². The molecule has 15 heteroatoms. The number of alkyl halides is 6. The summed E-state index contributed by atoms with van der Waals surface area (Å²) in [5.74, 6) is -12.2. The van der Waals surface area contributed by atoms with Gasteiger partial charge in [-0.25, -0.2) is 19.2 Å². The highest BCUT2D eigenvalue weighted by molar-refractivity contribution is 6.06. The minimum absolute atomic E-state index is 0.353. The van der Waals surface area contributed by atoms with Crippen LogP contribution in [0.25, 0.3) is 0 Å². The zero-order valence-electron chi connectivity index (χ0n) is 15.9. The number of carboxylic acids is 4. The Bertz CT molecular complexity index is 1180. The van der Waals surface area contributed by atoms with E-state index in [9.17, 15) is 65.9 Å². The number of halogens is 6. The van der Waals surface area contributed by atoms with Gasteiger partial charge < -0.3 is 25.2 Å². The van der Waals surface area contributed by atoms with Crippen molar-refractivity contribution in [3.8, 4) is 11.5 Å². The van der Waals surface area contributed by atoms with E-state index < -0.39 is 86.5 Å². The Morgan fingerprint density at radius 2 is 0.941 bits per heavy atom. The lowest BCUT2D eigenvalue weighted by molar-refractivity contribution is -0.290. The Morgan fingerprint density at radius 1 is 0.618 bits per heavy atom. The van der Waals surface area contributed by atoms with Gasteiger partial charge in [-0.15, -0.1) is 0 Å². The summed E-state index contributed by atoms with van der Waals surface area (Å²) in [5.41, 5.74) is -16.9. The maximum Gasteiger partial charge on any atom is 0.411 e. The number of hydrogen-bond acceptors (Lipinski definition) is 5. The Morgan fingerprint density at radius 3 is 1.18 bits per heavy atom. The molecule has 1 aliphatic rings. The van der Waals surface area contributed by atoms with Gasteiger partial charge in [-0.05, 0) is 24.3 Å². The van der Waals surface area contributed by atoms with Crippen LogP contribution in [0.4, 0.5) is 26.3 Å². The third-order valence-corrected chi connectivity index (χ3v) is 5.04. The standard InChI is InChI=1S/C19H8F6O9/c20-18(21,22)17(19(23,24)25)11-7(3-1-5(13(26)27)9(11)15(30)31)34-8-4-2-6(14(28)29)10(12(8)17)16(32)33/h1-4H,(H,26,27)(H,28,29)(H,30,31)(H,32,33). The highest BCUT2D eigenvalue weighted by atomic mass is 19.4. The molecule has 2 aromatic rings. The second-order valence-electron chi connectivity index (χ2n) is 6.79. The maximum atomic E-state index is 14.5. The van der Waals surface area contributed by atoms with Crippen molar-refractivity contribution in [1.82, 2.24) is 0 Å². The predicted molar refractivity (Wildman–Crippen MR) is 93.7 cm³/mol. The SMILES string of the molecule is O=C(O)c1ccc2c(c1C(=O)O)C(C(F)(F)F)(C(F)(F)F)c1c(ccc(C(=O)O)c1C(=O)O)O2. The zero-order valence-corrected chi connectivity index (χ0v) is 15.9. The Hall–Kier alpha value is -4.30. The number of benzene rings is 2. The molecule has 3 rings (SSSR count). The van der Waals surface area contributed by atoms with Crippen molar-refractivity contribution < 1.29 is 70.7 Å². The first-order chi connectivity index (χ1) is 15.5. The quantitative estimate of drug-likeness (QED) is 0.461. The van der Waals surface area contributed by atoms with Crippen molar-refractivity contribution in [1.29, 1.82) is 0 Å². The number of carboxylic acid groups (broad SMARTS) is 4. The molecule has 0 fully saturated rings. The molecule has 0 saturated carbocycles.